The monoisotopic (exact) mass is 296 g/mol. The largest absolute Gasteiger partial charge is 0.460 e. The summed E-state index contributed by atoms with van der Waals surface area (Å²) in [5.41, 5.74) is 0.864. The zero-order valence-corrected chi connectivity index (χ0v) is 12.2. The van der Waals surface area contributed by atoms with E-state index < -0.39 is 23.5 Å². The summed E-state index contributed by atoms with van der Waals surface area (Å²) in [6, 6.07) is 17.0. The molecule has 2 aromatic carbocycles. The second-order valence-electron chi connectivity index (χ2n) is 4.66. The Labute approximate surface area is 128 Å². The molecule has 0 aliphatic rings. The normalized spacial score (nSPS) is 11.5. The fraction of sp³-hybridized carbons (Fsp3) is 0.167. The Hall–Kier alpha value is -2.75. The molecule has 0 fully saturated rings. The van der Waals surface area contributed by atoms with Crippen LogP contribution in [0.5, 0.6) is 0 Å². The van der Waals surface area contributed by atoms with Crippen LogP contribution in [0.3, 0.4) is 0 Å². The predicted molar refractivity (Wildman–Crippen MR) is 81.6 cm³/mol. The molecule has 0 bridgehead atoms. The maximum Gasteiger partial charge on any atom is 0.375 e. The summed E-state index contributed by atoms with van der Waals surface area (Å²) in [6.07, 6.45) is 0. The smallest absolute Gasteiger partial charge is 0.375 e. The zero-order valence-electron chi connectivity index (χ0n) is 12.2. The molecule has 4 nitrogen and oxygen atoms in total. The summed E-state index contributed by atoms with van der Waals surface area (Å²) in [5.74, 6) is -3.42. The summed E-state index contributed by atoms with van der Waals surface area (Å²) in [4.78, 5) is 36.8. The molecule has 22 heavy (non-hydrogen) atoms. The van der Waals surface area contributed by atoms with Gasteiger partial charge in [0.1, 0.15) is 5.92 Å². The van der Waals surface area contributed by atoms with Gasteiger partial charge in [-0.15, -0.1) is 0 Å². The lowest BCUT2D eigenvalue weighted by Crippen LogP contribution is -2.30. The van der Waals surface area contributed by atoms with E-state index in [-0.39, 0.29) is 6.61 Å². The van der Waals surface area contributed by atoms with Crippen LogP contribution in [0.1, 0.15) is 28.8 Å². The fourth-order valence-corrected chi connectivity index (χ4v) is 2.16. The summed E-state index contributed by atoms with van der Waals surface area (Å²) in [6.45, 7) is 1.70. The zero-order chi connectivity index (χ0) is 15.9. The lowest BCUT2D eigenvalue weighted by atomic mass is 9.87. The van der Waals surface area contributed by atoms with E-state index in [0.717, 1.165) is 0 Å². The van der Waals surface area contributed by atoms with Crippen molar-refractivity contribution in [1.29, 1.82) is 0 Å². The van der Waals surface area contributed by atoms with Crippen LogP contribution in [0, 0.1) is 0 Å². The minimum atomic E-state index is -1.18. The number of hydrogen-bond donors (Lipinski definition) is 0. The fourth-order valence-electron chi connectivity index (χ4n) is 2.16. The Bertz CT molecular complexity index is 662. The molecule has 2 rings (SSSR count). The third-order valence-corrected chi connectivity index (χ3v) is 3.19. The van der Waals surface area contributed by atoms with Gasteiger partial charge in [0.2, 0.25) is 0 Å². The number of carbonyl (C=O) groups excluding carboxylic acids is 3. The summed E-state index contributed by atoms with van der Waals surface area (Å²) in [7, 11) is 0. The van der Waals surface area contributed by atoms with Crippen LogP contribution in [0.4, 0.5) is 0 Å². The summed E-state index contributed by atoms with van der Waals surface area (Å²) in [5, 5.41) is 0. The standard InChI is InChI=1S/C18H16O4/c1-2-22-18(21)17(20)15(13-9-5-3-6-10-13)16(19)14-11-7-4-8-12-14/h3-12,15H,2H2,1H3. The Morgan fingerprint density at radius 3 is 2.00 bits per heavy atom. The highest BCUT2D eigenvalue weighted by atomic mass is 16.5. The van der Waals surface area contributed by atoms with Gasteiger partial charge in [-0.2, -0.15) is 0 Å². The van der Waals surface area contributed by atoms with Crippen molar-refractivity contribution in [2.75, 3.05) is 6.61 Å². The molecule has 4 heteroatoms. The van der Waals surface area contributed by atoms with Crippen molar-refractivity contribution < 1.29 is 19.1 Å². The molecule has 0 aliphatic heterocycles. The number of hydrogen-bond acceptors (Lipinski definition) is 4. The van der Waals surface area contributed by atoms with Crippen LogP contribution < -0.4 is 0 Å². The molecule has 0 amide bonds. The van der Waals surface area contributed by atoms with Gasteiger partial charge < -0.3 is 4.74 Å². The van der Waals surface area contributed by atoms with Crippen LogP contribution in [-0.4, -0.2) is 24.1 Å². The average molecular weight is 296 g/mol. The highest BCUT2D eigenvalue weighted by molar-refractivity contribution is 6.41. The molecule has 0 heterocycles. The SMILES string of the molecule is CCOC(=O)C(=O)C(C(=O)c1ccccc1)c1ccccc1. The van der Waals surface area contributed by atoms with Crippen molar-refractivity contribution >= 4 is 17.5 Å². The number of ketones is 2. The highest BCUT2D eigenvalue weighted by Gasteiger charge is 2.34. The van der Waals surface area contributed by atoms with Crippen molar-refractivity contribution in [3.63, 3.8) is 0 Å². The Morgan fingerprint density at radius 1 is 0.909 bits per heavy atom. The molecule has 0 aromatic heterocycles. The molecule has 0 radical (unpaired) electrons. The lowest BCUT2D eigenvalue weighted by Gasteiger charge is -2.14. The second-order valence-corrected chi connectivity index (χ2v) is 4.66. The molecule has 0 N–H and O–H groups in total. The van der Waals surface area contributed by atoms with E-state index in [1.165, 1.54) is 0 Å². The van der Waals surface area contributed by atoms with E-state index in [9.17, 15) is 14.4 Å². The van der Waals surface area contributed by atoms with Gasteiger partial charge in [-0.1, -0.05) is 60.7 Å². The molecule has 2 aromatic rings. The molecule has 0 saturated carbocycles. The van der Waals surface area contributed by atoms with E-state index in [1.54, 1.807) is 67.6 Å². The van der Waals surface area contributed by atoms with Crippen LogP contribution in [-0.2, 0) is 14.3 Å². The summed E-state index contributed by atoms with van der Waals surface area (Å²) < 4.78 is 4.75. The Balaban J connectivity index is 2.40. The number of esters is 1. The van der Waals surface area contributed by atoms with Crippen molar-refractivity contribution in [2.24, 2.45) is 0 Å². The second kappa shape index (κ2) is 7.31. The minimum absolute atomic E-state index is 0.0889. The lowest BCUT2D eigenvalue weighted by molar-refractivity contribution is -0.153. The van der Waals surface area contributed by atoms with Crippen LogP contribution in [0.2, 0.25) is 0 Å². The molecule has 1 unspecified atom stereocenters. The molecule has 0 saturated heterocycles. The van der Waals surface area contributed by atoms with E-state index in [1.807, 2.05) is 0 Å². The first-order valence-corrected chi connectivity index (χ1v) is 7.00. The highest BCUT2D eigenvalue weighted by Crippen LogP contribution is 2.22. The van der Waals surface area contributed by atoms with Gasteiger partial charge in [-0.3, -0.25) is 9.59 Å². The molecular weight excluding hydrogens is 280 g/mol. The first-order chi connectivity index (χ1) is 10.6. The van der Waals surface area contributed by atoms with E-state index >= 15 is 0 Å². The molecule has 112 valence electrons. The summed E-state index contributed by atoms with van der Waals surface area (Å²) >= 11 is 0. The Kier molecular flexibility index (Phi) is 5.20. The van der Waals surface area contributed by atoms with Gasteiger partial charge in [0, 0.05) is 5.56 Å². The first-order valence-electron chi connectivity index (χ1n) is 7.00. The quantitative estimate of drug-likeness (QED) is 0.356. The number of ether oxygens (including phenoxy) is 1. The Morgan fingerprint density at radius 2 is 1.45 bits per heavy atom. The van der Waals surface area contributed by atoms with Crippen LogP contribution in [0.25, 0.3) is 0 Å². The minimum Gasteiger partial charge on any atom is -0.460 e. The van der Waals surface area contributed by atoms with E-state index in [0.29, 0.717) is 11.1 Å². The van der Waals surface area contributed by atoms with Crippen LogP contribution in [0.15, 0.2) is 60.7 Å². The van der Waals surface area contributed by atoms with Gasteiger partial charge >= 0.3 is 5.97 Å². The van der Waals surface area contributed by atoms with Gasteiger partial charge in [0.15, 0.2) is 5.78 Å². The number of rotatable bonds is 6. The van der Waals surface area contributed by atoms with Crippen molar-refractivity contribution in [3.05, 3.63) is 71.8 Å². The van der Waals surface area contributed by atoms with Gasteiger partial charge in [0.05, 0.1) is 6.61 Å². The number of carbonyl (C=O) groups is 3. The van der Waals surface area contributed by atoms with Crippen molar-refractivity contribution in [3.8, 4) is 0 Å². The topological polar surface area (TPSA) is 60.4 Å². The average Bonchev–Trinajstić information content (AvgIpc) is 2.57. The number of Topliss-reactive ketones (excluding diaryl/α,β-unsaturated/α-hetero) is 2. The predicted octanol–water partition coefficient (Wildman–Crippen LogP) is 2.79. The van der Waals surface area contributed by atoms with E-state index in [4.69, 9.17) is 4.74 Å². The first kappa shape index (κ1) is 15.6. The van der Waals surface area contributed by atoms with Crippen LogP contribution >= 0.6 is 0 Å². The maximum absolute atomic E-state index is 12.7. The van der Waals surface area contributed by atoms with Gasteiger partial charge in [-0.25, -0.2) is 4.79 Å². The molecule has 0 aliphatic carbocycles. The van der Waals surface area contributed by atoms with Crippen molar-refractivity contribution in [1.82, 2.24) is 0 Å². The van der Waals surface area contributed by atoms with E-state index in [2.05, 4.69) is 0 Å². The van der Waals surface area contributed by atoms with Crippen molar-refractivity contribution in [2.45, 2.75) is 12.8 Å². The third-order valence-electron chi connectivity index (χ3n) is 3.19. The van der Waals surface area contributed by atoms with Gasteiger partial charge in [-0.05, 0) is 12.5 Å². The van der Waals surface area contributed by atoms with Gasteiger partial charge in [0.25, 0.3) is 5.78 Å². The molecular formula is C18H16O4. The maximum atomic E-state index is 12.7. The molecule has 0 spiro atoms. The third kappa shape index (κ3) is 3.47. The molecule has 1 atom stereocenters. The number of benzene rings is 2.